The van der Waals surface area contributed by atoms with Gasteiger partial charge in [-0.25, -0.2) is 4.79 Å². The summed E-state index contributed by atoms with van der Waals surface area (Å²) in [7, 11) is 0. The molecule has 1 aliphatic heterocycles. The number of halogens is 1. The Labute approximate surface area is 166 Å². The Balaban J connectivity index is 2.15. The van der Waals surface area contributed by atoms with Gasteiger partial charge in [-0.15, -0.1) is 12.3 Å². The summed E-state index contributed by atoms with van der Waals surface area (Å²) < 4.78 is 13.8. The highest BCUT2D eigenvalue weighted by Gasteiger charge is 2.36. The first-order valence-electron chi connectivity index (χ1n) is 8.71. The number of hydrogen-bond donors (Lipinski definition) is 1. The van der Waals surface area contributed by atoms with E-state index in [-0.39, 0.29) is 17.8 Å². The number of terminal acetylenes is 1. The Morgan fingerprint density at radius 3 is 2.88 bits per heavy atom. The Bertz CT molecular complexity index is 812. The van der Waals surface area contributed by atoms with E-state index in [1.54, 1.807) is 0 Å². The van der Waals surface area contributed by atoms with E-state index >= 15 is 0 Å². The van der Waals surface area contributed by atoms with Crippen molar-refractivity contribution in [3.8, 4) is 24.2 Å². The first-order chi connectivity index (χ1) is 12.6. The van der Waals surface area contributed by atoms with Crippen molar-refractivity contribution < 1.29 is 9.47 Å². The van der Waals surface area contributed by atoms with Gasteiger partial charge in [-0.05, 0) is 19.8 Å². The Hall–Kier alpha value is -1.55. The summed E-state index contributed by atoms with van der Waals surface area (Å²) in [5.41, 5.74) is -0.716. The molecule has 0 amide bonds. The largest absolute Gasteiger partial charge is 0.376 e. The summed E-state index contributed by atoms with van der Waals surface area (Å²) >= 11 is 2.24. The fraction of sp³-hybridized carbons (Fsp3) is 0.579. The Morgan fingerprint density at radius 1 is 1.42 bits per heavy atom. The van der Waals surface area contributed by atoms with Gasteiger partial charge in [0.15, 0.2) is 0 Å². The van der Waals surface area contributed by atoms with Gasteiger partial charge in [-0.2, -0.15) is 0 Å². The van der Waals surface area contributed by atoms with Crippen LogP contribution in [0.25, 0.3) is 0 Å². The van der Waals surface area contributed by atoms with E-state index in [9.17, 15) is 9.59 Å². The van der Waals surface area contributed by atoms with Crippen LogP contribution in [0.1, 0.15) is 50.8 Å². The molecule has 26 heavy (non-hydrogen) atoms. The lowest BCUT2D eigenvalue weighted by Crippen LogP contribution is -2.33. The van der Waals surface area contributed by atoms with Gasteiger partial charge in [0.2, 0.25) is 0 Å². The standard InChI is InChI=1S/C19H23IN2O4/c1-3-5-6-7-8-9-10-14-13-22(19(24)21-18(14)23)17-11-15(25-4-2)16(12-20)26-17/h1,13,15-17H,4-8,11-12H2,2H3,(H,21,23,24)/t15-,16-,17-/m1/s1. The first-order valence-corrected chi connectivity index (χ1v) is 10.2. The molecule has 1 aromatic heterocycles. The van der Waals surface area contributed by atoms with Crippen LogP contribution in [-0.4, -0.2) is 32.8 Å². The molecule has 1 fully saturated rings. The van der Waals surface area contributed by atoms with Crippen molar-refractivity contribution in [2.24, 2.45) is 0 Å². The monoisotopic (exact) mass is 470 g/mol. The number of unbranched alkanes of at least 4 members (excludes halogenated alkanes) is 3. The second-order valence-electron chi connectivity index (χ2n) is 5.94. The summed E-state index contributed by atoms with van der Waals surface area (Å²) in [5, 5.41) is 0. The van der Waals surface area contributed by atoms with E-state index in [0.717, 1.165) is 23.7 Å². The van der Waals surface area contributed by atoms with E-state index in [2.05, 4.69) is 45.3 Å². The van der Waals surface area contributed by atoms with Gasteiger partial charge in [0.25, 0.3) is 5.56 Å². The van der Waals surface area contributed by atoms with Crippen LogP contribution in [0, 0.1) is 24.2 Å². The zero-order chi connectivity index (χ0) is 18.9. The second kappa shape index (κ2) is 10.6. The number of H-pyrrole nitrogens is 1. The van der Waals surface area contributed by atoms with E-state index in [4.69, 9.17) is 15.9 Å². The van der Waals surface area contributed by atoms with Gasteiger partial charge in [-0.1, -0.05) is 34.4 Å². The average molecular weight is 470 g/mol. The molecule has 7 heteroatoms. The van der Waals surface area contributed by atoms with Crippen LogP contribution >= 0.6 is 22.6 Å². The van der Waals surface area contributed by atoms with Crippen LogP contribution in [0.2, 0.25) is 0 Å². The predicted octanol–water partition coefficient (Wildman–Crippen LogP) is 2.21. The summed E-state index contributed by atoms with van der Waals surface area (Å²) in [4.78, 5) is 26.5. The van der Waals surface area contributed by atoms with Crippen molar-refractivity contribution in [2.75, 3.05) is 11.0 Å². The topological polar surface area (TPSA) is 73.3 Å². The van der Waals surface area contributed by atoms with E-state index in [1.165, 1.54) is 10.8 Å². The zero-order valence-corrected chi connectivity index (χ0v) is 17.0. The number of nitrogens with zero attached hydrogens (tertiary/aromatic N) is 1. The highest BCUT2D eigenvalue weighted by atomic mass is 127. The molecule has 0 aliphatic carbocycles. The van der Waals surface area contributed by atoms with Gasteiger partial charge in [0, 0.05) is 36.5 Å². The molecule has 0 spiro atoms. The normalized spacial score (nSPS) is 21.8. The number of alkyl halides is 1. The maximum absolute atomic E-state index is 12.2. The lowest BCUT2D eigenvalue weighted by molar-refractivity contribution is -0.0231. The van der Waals surface area contributed by atoms with E-state index in [0.29, 0.717) is 19.4 Å². The fourth-order valence-electron chi connectivity index (χ4n) is 2.79. The van der Waals surface area contributed by atoms with Crippen molar-refractivity contribution in [3.63, 3.8) is 0 Å². The number of nitrogens with one attached hydrogen (secondary N) is 1. The minimum Gasteiger partial charge on any atom is -0.376 e. The molecule has 140 valence electrons. The van der Waals surface area contributed by atoms with Gasteiger partial charge >= 0.3 is 5.69 Å². The predicted molar refractivity (Wildman–Crippen MR) is 108 cm³/mol. The molecule has 0 bridgehead atoms. The third-order valence-corrected chi connectivity index (χ3v) is 4.96. The molecule has 0 radical (unpaired) electrons. The number of aromatic nitrogens is 2. The van der Waals surface area contributed by atoms with Crippen LogP contribution < -0.4 is 11.2 Å². The third-order valence-electron chi connectivity index (χ3n) is 4.09. The van der Waals surface area contributed by atoms with Crippen molar-refractivity contribution in [2.45, 2.75) is 57.5 Å². The molecule has 2 heterocycles. The summed E-state index contributed by atoms with van der Waals surface area (Å²) in [6.07, 6.45) is 9.82. The smallest absolute Gasteiger partial charge is 0.330 e. The highest BCUT2D eigenvalue weighted by molar-refractivity contribution is 14.1. The van der Waals surface area contributed by atoms with Crippen molar-refractivity contribution in [1.29, 1.82) is 0 Å². The fourth-order valence-corrected chi connectivity index (χ4v) is 3.56. The third kappa shape index (κ3) is 5.47. The number of hydrogen-bond acceptors (Lipinski definition) is 4. The van der Waals surface area contributed by atoms with Crippen LogP contribution in [0.4, 0.5) is 0 Å². The molecule has 0 saturated carbocycles. The molecule has 1 saturated heterocycles. The minimum absolute atomic E-state index is 0.0635. The van der Waals surface area contributed by atoms with Crippen molar-refractivity contribution >= 4 is 22.6 Å². The lowest BCUT2D eigenvalue weighted by Gasteiger charge is -2.15. The lowest BCUT2D eigenvalue weighted by atomic mass is 10.2. The van der Waals surface area contributed by atoms with Gasteiger partial charge in [0.1, 0.15) is 11.8 Å². The second-order valence-corrected chi connectivity index (χ2v) is 6.82. The summed E-state index contributed by atoms with van der Waals surface area (Å²) in [5.74, 6) is 8.40. The molecule has 0 unspecified atom stereocenters. The minimum atomic E-state index is -0.496. The van der Waals surface area contributed by atoms with E-state index in [1.807, 2.05) is 6.92 Å². The molecule has 0 aromatic carbocycles. The van der Waals surface area contributed by atoms with Gasteiger partial charge in [0.05, 0.1) is 12.2 Å². The highest BCUT2D eigenvalue weighted by Crippen LogP contribution is 2.30. The average Bonchev–Trinajstić information content (AvgIpc) is 3.02. The zero-order valence-electron chi connectivity index (χ0n) is 14.8. The van der Waals surface area contributed by atoms with Crippen LogP contribution in [-0.2, 0) is 9.47 Å². The Kier molecular flexibility index (Phi) is 8.43. The number of aromatic amines is 1. The van der Waals surface area contributed by atoms with Crippen LogP contribution in [0.3, 0.4) is 0 Å². The first kappa shape index (κ1) is 20.8. The number of ether oxygens (including phenoxy) is 2. The van der Waals surface area contributed by atoms with Gasteiger partial charge < -0.3 is 9.47 Å². The molecule has 1 aromatic rings. The summed E-state index contributed by atoms with van der Waals surface area (Å²) in [6, 6.07) is 0. The summed E-state index contributed by atoms with van der Waals surface area (Å²) in [6.45, 7) is 2.52. The molecule has 1 N–H and O–H groups in total. The molecule has 1 aliphatic rings. The SMILES string of the molecule is C#CCCCCC#Cc1cn([C@H]2C[C@@H](OCC)[C@@H](CI)O2)c(=O)[nH]c1=O. The van der Waals surface area contributed by atoms with Crippen molar-refractivity contribution in [1.82, 2.24) is 9.55 Å². The number of rotatable bonds is 7. The van der Waals surface area contributed by atoms with Crippen LogP contribution in [0.15, 0.2) is 15.8 Å². The van der Waals surface area contributed by atoms with Crippen LogP contribution in [0.5, 0.6) is 0 Å². The molecular formula is C19H23IN2O4. The van der Waals surface area contributed by atoms with Gasteiger partial charge in [-0.3, -0.25) is 14.3 Å². The van der Waals surface area contributed by atoms with E-state index < -0.39 is 17.5 Å². The maximum atomic E-state index is 12.2. The molecule has 3 atom stereocenters. The van der Waals surface area contributed by atoms with Crippen molar-refractivity contribution in [3.05, 3.63) is 32.6 Å². The molecule has 6 nitrogen and oxygen atoms in total. The molecular weight excluding hydrogens is 447 g/mol. The Morgan fingerprint density at radius 2 is 2.19 bits per heavy atom. The quantitative estimate of drug-likeness (QED) is 0.287. The maximum Gasteiger partial charge on any atom is 0.330 e. The molecule has 2 rings (SSSR count).